The third-order valence-electron chi connectivity index (χ3n) is 0. The Morgan fingerprint density at radius 2 is 1.20 bits per heavy atom. The van der Waals surface area contributed by atoms with Crippen LogP contribution in [0.2, 0.25) is 0 Å². The van der Waals surface area contributed by atoms with Crippen LogP contribution in [0.3, 0.4) is 0 Å². The second-order valence-electron chi connectivity index (χ2n) is 0.333. The normalized spacial score (nSPS) is 3.20. The van der Waals surface area contributed by atoms with E-state index in [1.165, 1.54) is 0 Å². The minimum absolute atomic E-state index is 0. The molecule has 0 aromatic rings. The van der Waals surface area contributed by atoms with E-state index in [1.807, 2.05) is 0 Å². The van der Waals surface area contributed by atoms with Gasteiger partial charge >= 0.3 is 66.5 Å². The van der Waals surface area contributed by atoms with E-state index in [4.69, 9.17) is 23.9 Å². The van der Waals surface area contributed by atoms with Crippen LogP contribution in [0.4, 0.5) is 4.79 Å². The Kier molecular flexibility index (Phi) is 99.9. The molecular formula is CCaO6SiZn. The van der Waals surface area contributed by atoms with E-state index in [1.54, 1.807) is 0 Å². The standard InChI is InChI=1S/CH2O3.Ca.O2Si.O.Zn/c2-1(3)4;;1-3-2;;/h(H2,2,3,4);;;;/q;+2;;-2;+2/p-2. The first kappa shape index (κ1) is 30.6. The molecule has 0 aromatic heterocycles. The SMILES string of the molecule is O=C([O-])[O-].O=[Si]=O.[Ca+2].[O-2].[Zn+2]. The van der Waals surface area contributed by atoms with Crippen LogP contribution in [0, 0.1) is 0 Å². The van der Waals surface area contributed by atoms with Crippen molar-refractivity contribution in [2.24, 2.45) is 0 Å². The summed E-state index contributed by atoms with van der Waals surface area (Å²) < 4.78 is 16.8. The van der Waals surface area contributed by atoms with E-state index >= 15 is 0 Å². The summed E-state index contributed by atoms with van der Waals surface area (Å²) in [6.45, 7) is 0. The molecule has 0 aliphatic carbocycles. The van der Waals surface area contributed by atoms with Crippen molar-refractivity contribution in [3.05, 3.63) is 0 Å². The zero-order valence-corrected chi connectivity index (χ0v) is 11.0. The number of carbonyl (C=O) groups excluding carboxylic acids is 1. The second-order valence-corrected chi connectivity index (χ2v) is 0.500. The molecule has 0 atom stereocenters. The van der Waals surface area contributed by atoms with Gasteiger partial charge < -0.3 is 20.5 Å². The molecule has 10 heavy (non-hydrogen) atoms. The summed E-state index contributed by atoms with van der Waals surface area (Å²) in [5.74, 6) is 0. The zero-order valence-electron chi connectivity index (χ0n) is 4.86. The molecule has 0 saturated carbocycles. The summed E-state index contributed by atoms with van der Waals surface area (Å²) in [5, 5.41) is 16.7. The predicted octanol–water partition coefficient (Wildman–Crippen LogP) is -3.57. The maximum atomic E-state index is 8.40. The van der Waals surface area contributed by atoms with Crippen LogP contribution in [0.5, 0.6) is 0 Å². The number of rotatable bonds is 0. The van der Waals surface area contributed by atoms with Crippen molar-refractivity contribution in [2.45, 2.75) is 0 Å². The molecule has 0 unspecified atom stereocenters. The van der Waals surface area contributed by atoms with Crippen LogP contribution >= 0.6 is 0 Å². The topological polar surface area (TPSA) is 126 Å². The maximum absolute atomic E-state index is 8.40. The zero-order chi connectivity index (χ0) is 6.28. The fourth-order valence-electron chi connectivity index (χ4n) is 0. The Hall–Kier alpha value is 0.930. The molecule has 0 rings (SSSR count). The van der Waals surface area contributed by atoms with Crippen LogP contribution < -0.4 is 10.2 Å². The van der Waals surface area contributed by atoms with E-state index in [0.29, 0.717) is 0 Å². The summed E-state index contributed by atoms with van der Waals surface area (Å²) >= 11 is 0. The van der Waals surface area contributed by atoms with Crippen LogP contribution in [0.15, 0.2) is 0 Å². The summed E-state index contributed by atoms with van der Waals surface area (Å²) in [5.41, 5.74) is 0. The number of carbonyl (C=O) groups is 1. The maximum Gasteiger partial charge on any atom is 2.00 e. The molecule has 0 N–H and O–H groups in total. The van der Waals surface area contributed by atoms with E-state index in [2.05, 4.69) is 0 Å². The molecule has 0 aliphatic heterocycles. The molecule has 0 heterocycles. The Morgan fingerprint density at radius 1 is 1.20 bits per heavy atom. The molecule has 9 heteroatoms. The van der Waals surface area contributed by atoms with Crippen molar-refractivity contribution in [1.29, 1.82) is 0 Å². The first-order valence-corrected chi connectivity index (χ1v) is 1.84. The first-order chi connectivity index (χ1) is 3.15. The summed E-state index contributed by atoms with van der Waals surface area (Å²) in [4.78, 5) is 8.33. The molecule has 6 nitrogen and oxygen atoms in total. The summed E-state index contributed by atoms with van der Waals surface area (Å²) in [6, 6.07) is 0. The fourth-order valence-corrected chi connectivity index (χ4v) is 0. The third-order valence-corrected chi connectivity index (χ3v) is 0. The average Bonchev–Trinajstić information content (AvgIpc) is 1.33. The van der Waals surface area contributed by atoms with E-state index in [0.717, 1.165) is 0 Å². The van der Waals surface area contributed by atoms with Crippen molar-refractivity contribution in [3.63, 3.8) is 0 Å². The number of carboxylic acid groups (broad SMARTS) is 2. The molecule has 0 saturated heterocycles. The molecule has 0 aromatic carbocycles. The van der Waals surface area contributed by atoms with Gasteiger partial charge in [-0.1, -0.05) is 0 Å². The van der Waals surface area contributed by atoms with Gasteiger partial charge in [-0.2, -0.15) is 0 Å². The molecule has 0 radical (unpaired) electrons. The quantitative estimate of drug-likeness (QED) is 0.406. The van der Waals surface area contributed by atoms with E-state index in [-0.39, 0.29) is 62.7 Å². The average molecular weight is 242 g/mol. The van der Waals surface area contributed by atoms with Gasteiger partial charge in [-0.25, -0.2) is 0 Å². The molecule has 0 fully saturated rings. The third kappa shape index (κ3) is 649. The van der Waals surface area contributed by atoms with Gasteiger partial charge in [-0.3, -0.25) is 8.92 Å². The molecule has 0 bridgehead atoms. The van der Waals surface area contributed by atoms with Gasteiger partial charge in [0.2, 0.25) is 0 Å². The number of hydrogen-bond donors (Lipinski definition) is 0. The van der Waals surface area contributed by atoms with Gasteiger partial charge in [0.05, 0.1) is 0 Å². The Bertz CT molecular complexity index is 85.7. The second kappa shape index (κ2) is 32.6. The monoisotopic (exact) mass is 240 g/mol. The first-order valence-electron chi connectivity index (χ1n) is 1.02. The van der Waals surface area contributed by atoms with Gasteiger partial charge in [-0.05, 0) is 6.16 Å². The van der Waals surface area contributed by atoms with Gasteiger partial charge in [0.1, 0.15) is 0 Å². The summed E-state index contributed by atoms with van der Waals surface area (Å²) in [6.07, 6.45) is -2.33. The smallest absolute Gasteiger partial charge is 2.00 e. The van der Waals surface area contributed by atoms with Crippen molar-refractivity contribution < 1.29 is 48.9 Å². The van der Waals surface area contributed by atoms with Crippen molar-refractivity contribution in [1.82, 2.24) is 0 Å². The summed E-state index contributed by atoms with van der Waals surface area (Å²) in [7, 11) is -1.42. The van der Waals surface area contributed by atoms with Crippen LogP contribution in [-0.2, 0) is 33.9 Å². The molecule has 0 spiro atoms. The fraction of sp³-hybridized carbons (Fsp3) is 0. The van der Waals surface area contributed by atoms with Crippen molar-refractivity contribution in [2.75, 3.05) is 0 Å². The van der Waals surface area contributed by atoms with Crippen LogP contribution in [-0.4, -0.2) is 53.2 Å². The number of hydrogen-bond acceptors (Lipinski definition) is 5. The van der Waals surface area contributed by atoms with E-state index < -0.39 is 15.4 Å². The largest absolute Gasteiger partial charge is 2.00 e. The molecule has 0 aliphatic rings. The Balaban J connectivity index is -0.0000000131. The minimum Gasteiger partial charge on any atom is -2.00 e. The van der Waals surface area contributed by atoms with Crippen LogP contribution in [0.25, 0.3) is 0 Å². The van der Waals surface area contributed by atoms with Gasteiger partial charge in [0.15, 0.2) is 0 Å². The molecule has 48 valence electrons. The van der Waals surface area contributed by atoms with Gasteiger partial charge in [-0.15, -0.1) is 0 Å². The minimum atomic E-state index is -2.33. The Labute approximate surface area is 101 Å². The molecule has 0 amide bonds. The van der Waals surface area contributed by atoms with Crippen LogP contribution in [0.1, 0.15) is 0 Å². The Morgan fingerprint density at radius 3 is 1.20 bits per heavy atom. The molecular weight excluding hydrogens is 242 g/mol. The van der Waals surface area contributed by atoms with Gasteiger partial charge in [0, 0.05) is 0 Å². The van der Waals surface area contributed by atoms with Crippen molar-refractivity contribution >= 4 is 53.2 Å². The predicted molar refractivity (Wildman–Crippen MR) is 19.0 cm³/mol. The van der Waals surface area contributed by atoms with Crippen molar-refractivity contribution in [3.8, 4) is 0 Å². The van der Waals surface area contributed by atoms with E-state index in [9.17, 15) is 0 Å². The van der Waals surface area contributed by atoms with Gasteiger partial charge in [0.25, 0.3) is 0 Å².